The summed E-state index contributed by atoms with van der Waals surface area (Å²) in [6, 6.07) is 10.2. The summed E-state index contributed by atoms with van der Waals surface area (Å²) < 4.78 is 1.90. The molecule has 25 heavy (non-hydrogen) atoms. The number of nitrogens with zero attached hydrogens (tertiary/aromatic N) is 2. The Hall–Kier alpha value is -2.14. The average molecular weight is 340 g/mol. The molecule has 2 heterocycles. The highest BCUT2D eigenvalue weighted by atomic mass is 16.1. The van der Waals surface area contributed by atoms with Crippen LogP contribution in [0.4, 0.5) is 0 Å². The summed E-state index contributed by atoms with van der Waals surface area (Å²) >= 11 is 0. The van der Waals surface area contributed by atoms with Gasteiger partial charge in [0, 0.05) is 25.4 Å². The van der Waals surface area contributed by atoms with Crippen molar-refractivity contribution in [2.24, 2.45) is 11.8 Å². The third-order valence-corrected chi connectivity index (χ3v) is 5.08. The fourth-order valence-corrected chi connectivity index (χ4v) is 3.56. The van der Waals surface area contributed by atoms with Gasteiger partial charge in [0.1, 0.15) is 0 Å². The highest BCUT2D eigenvalue weighted by Gasteiger charge is 2.21. The maximum Gasteiger partial charge on any atom is 0.220 e. The Morgan fingerprint density at radius 2 is 2.12 bits per heavy atom. The number of carbonyl (C=O) groups excluding carboxylic acids is 1. The maximum absolute atomic E-state index is 12.3. The Morgan fingerprint density at radius 1 is 1.32 bits per heavy atom. The van der Waals surface area contributed by atoms with Gasteiger partial charge in [-0.05, 0) is 55.0 Å². The van der Waals surface area contributed by atoms with E-state index in [2.05, 4.69) is 40.9 Å². The molecule has 0 radical (unpaired) electrons. The van der Waals surface area contributed by atoms with E-state index in [4.69, 9.17) is 0 Å². The first-order valence-electron chi connectivity index (χ1n) is 9.23. The van der Waals surface area contributed by atoms with Crippen molar-refractivity contribution in [1.82, 2.24) is 20.4 Å². The van der Waals surface area contributed by atoms with Gasteiger partial charge in [0.2, 0.25) is 5.91 Å². The van der Waals surface area contributed by atoms with Crippen LogP contribution in [-0.4, -0.2) is 28.8 Å². The molecule has 5 heteroatoms. The van der Waals surface area contributed by atoms with E-state index in [9.17, 15) is 4.79 Å². The molecule has 0 aliphatic carbocycles. The monoisotopic (exact) mass is 340 g/mol. The number of nitrogens with one attached hydrogen (secondary N) is 2. The van der Waals surface area contributed by atoms with E-state index in [-0.39, 0.29) is 5.91 Å². The lowest BCUT2D eigenvalue weighted by molar-refractivity contribution is -0.122. The molecule has 0 saturated carbocycles. The number of hydrogen-bond acceptors (Lipinski definition) is 3. The average Bonchev–Trinajstić information content (AvgIpc) is 3.14. The number of hydrogen-bond donors (Lipinski definition) is 2. The maximum atomic E-state index is 12.3. The van der Waals surface area contributed by atoms with Crippen LogP contribution < -0.4 is 10.6 Å². The predicted molar refractivity (Wildman–Crippen MR) is 99.0 cm³/mol. The van der Waals surface area contributed by atoms with Crippen molar-refractivity contribution in [3.05, 3.63) is 53.9 Å². The van der Waals surface area contributed by atoms with Gasteiger partial charge >= 0.3 is 0 Å². The third-order valence-electron chi connectivity index (χ3n) is 5.08. The molecular weight excluding hydrogens is 312 g/mol. The second-order valence-electron chi connectivity index (χ2n) is 7.07. The van der Waals surface area contributed by atoms with Crippen LogP contribution in [0.5, 0.6) is 0 Å². The Kier molecular flexibility index (Phi) is 6.23. The van der Waals surface area contributed by atoms with Gasteiger partial charge in [0.05, 0.1) is 6.54 Å². The fraction of sp³-hybridized carbons (Fsp3) is 0.500. The quantitative estimate of drug-likeness (QED) is 0.814. The zero-order chi connectivity index (χ0) is 17.5. The van der Waals surface area contributed by atoms with Crippen LogP contribution in [0.3, 0.4) is 0 Å². The first-order chi connectivity index (χ1) is 12.2. The van der Waals surface area contributed by atoms with Crippen molar-refractivity contribution in [2.45, 2.75) is 39.3 Å². The number of amides is 1. The van der Waals surface area contributed by atoms with Crippen LogP contribution in [0.15, 0.2) is 42.7 Å². The van der Waals surface area contributed by atoms with E-state index >= 15 is 0 Å². The molecule has 134 valence electrons. The van der Waals surface area contributed by atoms with Crippen LogP contribution in [0, 0.1) is 11.8 Å². The van der Waals surface area contributed by atoms with E-state index in [0.717, 1.165) is 25.2 Å². The molecule has 1 atom stereocenters. The minimum absolute atomic E-state index is 0.156. The number of rotatable bonds is 7. The van der Waals surface area contributed by atoms with Crippen LogP contribution in [0.2, 0.25) is 0 Å². The second kappa shape index (κ2) is 8.81. The van der Waals surface area contributed by atoms with Gasteiger partial charge in [0.15, 0.2) is 0 Å². The van der Waals surface area contributed by atoms with Gasteiger partial charge in [-0.2, -0.15) is 5.10 Å². The van der Waals surface area contributed by atoms with Crippen molar-refractivity contribution >= 4 is 5.91 Å². The zero-order valence-electron chi connectivity index (χ0n) is 14.9. The van der Waals surface area contributed by atoms with E-state index in [1.165, 1.54) is 18.4 Å². The molecule has 0 bridgehead atoms. The van der Waals surface area contributed by atoms with E-state index in [0.29, 0.717) is 24.8 Å². The Balaban J connectivity index is 1.46. The van der Waals surface area contributed by atoms with Crippen molar-refractivity contribution in [3.63, 3.8) is 0 Å². The van der Waals surface area contributed by atoms with Crippen LogP contribution in [0.1, 0.15) is 37.3 Å². The third kappa shape index (κ3) is 5.43. The first kappa shape index (κ1) is 17.7. The molecule has 1 aliphatic heterocycles. The van der Waals surface area contributed by atoms with Crippen LogP contribution in [0.25, 0.3) is 0 Å². The van der Waals surface area contributed by atoms with Gasteiger partial charge in [-0.15, -0.1) is 0 Å². The molecule has 2 N–H and O–H groups in total. The van der Waals surface area contributed by atoms with E-state index < -0.39 is 0 Å². The standard InChI is InChI=1S/C20H28N4O/c1-16(19-6-9-21-10-7-19)12-20(25)22-14-17-4-2-5-18(13-17)15-24-11-3-8-23-24/h2-5,8,11,13,16,19,21H,6-7,9-10,12,14-15H2,1H3,(H,22,25). The number of carbonyl (C=O) groups is 1. The Bertz CT molecular complexity index is 662. The van der Waals surface area contributed by atoms with Crippen LogP contribution >= 0.6 is 0 Å². The van der Waals surface area contributed by atoms with E-state index in [1.807, 2.05) is 23.0 Å². The number of benzene rings is 1. The number of piperidine rings is 1. The molecule has 1 unspecified atom stereocenters. The molecule has 1 aromatic carbocycles. The molecular formula is C20H28N4O. The lowest BCUT2D eigenvalue weighted by Crippen LogP contribution is -2.33. The predicted octanol–water partition coefficient (Wildman–Crippen LogP) is 2.57. The minimum atomic E-state index is 0.156. The Morgan fingerprint density at radius 3 is 2.88 bits per heavy atom. The summed E-state index contributed by atoms with van der Waals surface area (Å²) in [5.41, 5.74) is 2.33. The zero-order valence-corrected chi connectivity index (χ0v) is 14.9. The SMILES string of the molecule is CC(CC(=O)NCc1cccc(Cn2cccn2)c1)C1CCNCC1. The molecule has 5 nitrogen and oxygen atoms in total. The lowest BCUT2D eigenvalue weighted by atomic mass is 9.84. The van der Waals surface area contributed by atoms with Crippen molar-refractivity contribution in [3.8, 4) is 0 Å². The topological polar surface area (TPSA) is 59.0 Å². The summed E-state index contributed by atoms with van der Waals surface area (Å²) in [4.78, 5) is 12.3. The largest absolute Gasteiger partial charge is 0.352 e. The molecule has 0 spiro atoms. The molecule has 1 fully saturated rings. The van der Waals surface area contributed by atoms with Crippen molar-refractivity contribution in [2.75, 3.05) is 13.1 Å². The second-order valence-corrected chi connectivity index (χ2v) is 7.07. The molecule has 1 amide bonds. The fourth-order valence-electron chi connectivity index (χ4n) is 3.56. The summed E-state index contributed by atoms with van der Waals surface area (Å²) in [5, 5.41) is 10.7. The molecule has 1 saturated heterocycles. The van der Waals surface area contributed by atoms with Gasteiger partial charge in [0.25, 0.3) is 0 Å². The van der Waals surface area contributed by atoms with E-state index in [1.54, 1.807) is 6.20 Å². The molecule has 1 aromatic heterocycles. The number of aromatic nitrogens is 2. The van der Waals surface area contributed by atoms with Crippen LogP contribution in [-0.2, 0) is 17.9 Å². The lowest BCUT2D eigenvalue weighted by Gasteiger charge is -2.27. The normalized spacial score (nSPS) is 16.5. The summed E-state index contributed by atoms with van der Waals surface area (Å²) in [6.45, 7) is 5.71. The van der Waals surface area contributed by atoms with Gasteiger partial charge in [-0.3, -0.25) is 9.48 Å². The van der Waals surface area contributed by atoms with Crippen molar-refractivity contribution in [1.29, 1.82) is 0 Å². The Labute approximate surface area is 149 Å². The molecule has 1 aliphatic rings. The van der Waals surface area contributed by atoms with Gasteiger partial charge in [-0.25, -0.2) is 0 Å². The highest BCUT2D eigenvalue weighted by molar-refractivity contribution is 5.76. The summed E-state index contributed by atoms with van der Waals surface area (Å²) in [5.74, 6) is 1.28. The summed E-state index contributed by atoms with van der Waals surface area (Å²) in [6.07, 6.45) is 6.73. The minimum Gasteiger partial charge on any atom is -0.352 e. The highest BCUT2D eigenvalue weighted by Crippen LogP contribution is 2.24. The smallest absolute Gasteiger partial charge is 0.220 e. The summed E-state index contributed by atoms with van der Waals surface area (Å²) in [7, 11) is 0. The van der Waals surface area contributed by atoms with Gasteiger partial charge < -0.3 is 10.6 Å². The first-order valence-corrected chi connectivity index (χ1v) is 9.23. The van der Waals surface area contributed by atoms with Crippen molar-refractivity contribution < 1.29 is 4.79 Å². The molecule has 3 rings (SSSR count). The van der Waals surface area contributed by atoms with Gasteiger partial charge in [-0.1, -0.05) is 31.2 Å². The molecule has 2 aromatic rings.